The van der Waals surface area contributed by atoms with E-state index in [-0.39, 0.29) is 25.0 Å². The Morgan fingerprint density at radius 1 is 1.32 bits per heavy atom. The molecule has 0 radical (unpaired) electrons. The summed E-state index contributed by atoms with van der Waals surface area (Å²) < 4.78 is 0. The van der Waals surface area contributed by atoms with Crippen LogP contribution in [0.25, 0.3) is 0 Å². The minimum atomic E-state index is -0.869. The third kappa shape index (κ3) is 4.40. The van der Waals surface area contributed by atoms with E-state index in [2.05, 4.69) is 19.2 Å². The lowest BCUT2D eigenvalue weighted by Gasteiger charge is -2.26. The molecule has 5 nitrogen and oxygen atoms in total. The fourth-order valence-electron chi connectivity index (χ4n) is 2.91. The number of nitrogens with zero attached hydrogens (tertiary/aromatic N) is 1. The summed E-state index contributed by atoms with van der Waals surface area (Å²) >= 11 is 0. The van der Waals surface area contributed by atoms with Gasteiger partial charge in [0.15, 0.2) is 0 Å². The molecule has 5 heteroatoms. The van der Waals surface area contributed by atoms with Gasteiger partial charge in [-0.15, -0.1) is 0 Å². The summed E-state index contributed by atoms with van der Waals surface area (Å²) in [4.78, 5) is 24.2. The van der Waals surface area contributed by atoms with Crippen molar-refractivity contribution in [1.82, 2.24) is 10.2 Å². The van der Waals surface area contributed by atoms with Crippen LogP contribution in [-0.2, 0) is 4.79 Å². The first-order valence-corrected chi connectivity index (χ1v) is 7.26. The van der Waals surface area contributed by atoms with Crippen LogP contribution in [0, 0.1) is 11.8 Å². The summed E-state index contributed by atoms with van der Waals surface area (Å²) in [5.41, 5.74) is 0. The molecule has 1 rings (SSSR count). The smallest absolute Gasteiger partial charge is 0.317 e. The molecule has 0 aromatic carbocycles. The predicted octanol–water partition coefficient (Wildman–Crippen LogP) is 2.32. The Balaban J connectivity index is 2.46. The summed E-state index contributed by atoms with van der Waals surface area (Å²) in [5, 5.41) is 11.7. The van der Waals surface area contributed by atoms with Crippen molar-refractivity contribution in [3.05, 3.63) is 0 Å². The van der Waals surface area contributed by atoms with Crippen LogP contribution < -0.4 is 5.32 Å². The standard InChI is InChI=1S/C14H26N2O3/c1-4-11-6-7-12(10(11)3)15-14(19)16(5-2)9-8-13(17)18/h10-12H,4-9H2,1-3H3,(H,15,19)(H,17,18). The number of urea groups is 1. The first kappa shape index (κ1) is 15.8. The molecular weight excluding hydrogens is 244 g/mol. The lowest BCUT2D eigenvalue weighted by Crippen LogP contribution is -2.46. The van der Waals surface area contributed by atoms with Gasteiger partial charge in [-0.25, -0.2) is 4.79 Å². The summed E-state index contributed by atoms with van der Waals surface area (Å²) in [7, 11) is 0. The molecule has 0 aromatic heterocycles. The van der Waals surface area contributed by atoms with Crippen molar-refractivity contribution >= 4 is 12.0 Å². The van der Waals surface area contributed by atoms with E-state index in [1.54, 1.807) is 4.90 Å². The van der Waals surface area contributed by atoms with E-state index in [1.165, 1.54) is 6.42 Å². The van der Waals surface area contributed by atoms with Crippen molar-refractivity contribution in [2.45, 2.75) is 52.5 Å². The van der Waals surface area contributed by atoms with Gasteiger partial charge >= 0.3 is 12.0 Å². The fraction of sp³-hybridized carbons (Fsp3) is 0.857. The Bertz CT molecular complexity index is 320. The van der Waals surface area contributed by atoms with Crippen LogP contribution in [0.1, 0.15) is 46.5 Å². The SMILES string of the molecule is CCC1CCC(NC(=O)N(CC)CCC(=O)O)C1C. The van der Waals surface area contributed by atoms with Crippen LogP contribution in [0.2, 0.25) is 0 Å². The van der Waals surface area contributed by atoms with Crippen molar-refractivity contribution in [2.24, 2.45) is 11.8 Å². The van der Waals surface area contributed by atoms with Crippen LogP contribution >= 0.6 is 0 Å². The lowest BCUT2D eigenvalue weighted by atomic mass is 9.93. The molecule has 2 N–H and O–H groups in total. The van der Waals surface area contributed by atoms with Gasteiger partial charge in [-0.05, 0) is 31.6 Å². The molecule has 19 heavy (non-hydrogen) atoms. The second-order valence-electron chi connectivity index (χ2n) is 5.38. The Labute approximate surface area is 115 Å². The second-order valence-corrected chi connectivity index (χ2v) is 5.38. The molecule has 0 saturated heterocycles. The molecule has 2 amide bonds. The predicted molar refractivity (Wildman–Crippen MR) is 74.0 cm³/mol. The van der Waals surface area contributed by atoms with Gasteiger partial charge in [0.05, 0.1) is 6.42 Å². The Hall–Kier alpha value is -1.26. The highest BCUT2D eigenvalue weighted by Crippen LogP contribution is 2.33. The van der Waals surface area contributed by atoms with E-state index >= 15 is 0 Å². The van der Waals surface area contributed by atoms with Gasteiger partial charge in [0, 0.05) is 19.1 Å². The largest absolute Gasteiger partial charge is 0.481 e. The van der Waals surface area contributed by atoms with Crippen molar-refractivity contribution < 1.29 is 14.7 Å². The number of aliphatic carboxylic acids is 1. The summed E-state index contributed by atoms with van der Waals surface area (Å²) in [6, 6.07) is 0.105. The number of rotatable bonds is 6. The van der Waals surface area contributed by atoms with Crippen LogP contribution in [0.5, 0.6) is 0 Å². The van der Waals surface area contributed by atoms with Crippen molar-refractivity contribution in [3.8, 4) is 0 Å². The topological polar surface area (TPSA) is 69.6 Å². The number of carboxylic acids is 1. The van der Waals surface area contributed by atoms with Crippen LogP contribution in [0.4, 0.5) is 4.79 Å². The first-order chi connectivity index (χ1) is 8.99. The zero-order valence-corrected chi connectivity index (χ0v) is 12.2. The molecule has 1 aliphatic rings. The highest BCUT2D eigenvalue weighted by atomic mass is 16.4. The van der Waals surface area contributed by atoms with Crippen LogP contribution in [0.15, 0.2) is 0 Å². The minimum Gasteiger partial charge on any atom is -0.481 e. The normalized spacial score (nSPS) is 26.2. The number of carbonyl (C=O) groups is 2. The maximum atomic E-state index is 12.1. The highest BCUT2D eigenvalue weighted by molar-refractivity contribution is 5.75. The lowest BCUT2D eigenvalue weighted by molar-refractivity contribution is -0.137. The number of amides is 2. The van der Waals surface area contributed by atoms with Crippen molar-refractivity contribution in [3.63, 3.8) is 0 Å². The molecule has 3 unspecified atom stereocenters. The van der Waals surface area contributed by atoms with Crippen molar-refractivity contribution in [2.75, 3.05) is 13.1 Å². The molecule has 3 atom stereocenters. The van der Waals surface area contributed by atoms with Gasteiger partial charge in [-0.3, -0.25) is 4.79 Å². The van der Waals surface area contributed by atoms with Crippen LogP contribution in [-0.4, -0.2) is 41.1 Å². The average molecular weight is 270 g/mol. The number of hydrogen-bond acceptors (Lipinski definition) is 2. The van der Waals surface area contributed by atoms with E-state index in [0.29, 0.717) is 18.4 Å². The Morgan fingerprint density at radius 3 is 2.47 bits per heavy atom. The number of nitrogens with one attached hydrogen (secondary N) is 1. The molecule has 1 aliphatic carbocycles. The molecule has 1 saturated carbocycles. The monoisotopic (exact) mass is 270 g/mol. The van der Waals surface area contributed by atoms with Crippen molar-refractivity contribution in [1.29, 1.82) is 0 Å². The minimum absolute atomic E-state index is 0.000927. The summed E-state index contributed by atoms with van der Waals surface area (Å²) in [5.74, 6) is 0.332. The molecule has 0 aromatic rings. The fourth-order valence-corrected chi connectivity index (χ4v) is 2.91. The molecule has 0 bridgehead atoms. The maximum absolute atomic E-state index is 12.1. The highest BCUT2D eigenvalue weighted by Gasteiger charge is 2.33. The second kappa shape index (κ2) is 7.36. The average Bonchev–Trinajstić information content (AvgIpc) is 2.71. The van der Waals surface area contributed by atoms with Gasteiger partial charge in [-0.2, -0.15) is 0 Å². The summed E-state index contributed by atoms with van der Waals surface area (Å²) in [6.07, 6.45) is 3.36. The number of hydrogen-bond donors (Lipinski definition) is 2. The van der Waals surface area contributed by atoms with Gasteiger partial charge in [0.1, 0.15) is 0 Å². The van der Waals surface area contributed by atoms with Gasteiger partial charge in [0.25, 0.3) is 0 Å². The van der Waals surface area contributed by atoms with Gasteiger partial charge in [0.2, 0.25) is 0 Å². The molecule has 0 aliphatic heterocycles. The zero-order valence-electron chi connectivity index (χ0n) is 12.2. The van der Waals surface area contributed by atoms with Gasteiger partial charge in [-0.1, -0.05) is 20.3 Å². The zero-order chi connectivity index (χ0) is 14.4. The first-order valence-electron chi connectivity index (χ1n) is 7.26. The van der Waals surface area contributed by atoms with E-state index in [4.69, 9.17) is 5.11 Å². The third-order valence-electron chi connectivity index (χ3n) is 4.32. The quantitative estimate of drug-likeness (QED) is 0.778. The number of carbonyl (C=O) groups excluding carboxylic acids is 1. The van der Waals surface area contributed by atoms with Crippen LogP contribution in [0.3, 0.4) is 0 Å². The van der Waals surface area contributed by atoms with E-state index in [1.807, 2.05) is 6.92 Å². The summed E-state index contributed by atoms with van der Waals surface area (Å²) in [6.45, 7) is 7.07. The molecule has 0 heterocycles. The Kier molecular flexibility index (Phi) is 6.12. The van der Waals surface area contributed by atoms with Gasteiger partial charge < -0.3 is 15.3 Å². The Morgan fingerprint density at radius 2 is 2.00 bits per heavy atom. The van der Waals surface area contributed by atoms with E-state index in [9.17, 15) is 9.59 Å². The molecule has 1 fully saturated rings. The maximum Gasteiger partial charge on any atom is 0.317 e. The molecule has 0 spiro atoms. The molecular formula is C14H26N2O3. The number of carboxylic acid groups (broad SMARTS) is 1. The van der Waals surface area contributed by atoms with E-state index in [0.717, 1.165) is 12.8 Å². The van der Waals surface area contributed by atoms with E-state index < -0.39 is 5.97 Å². The third-order valence-corrected chi connectivity index (χ3v) is 4.32. The molecule has 110 valence electrons.